The van der Waals surface area contributed by atoms with E-state index in [0.717, 1.165) is 18.7 Å². The van der Waals surface area contributed by atoms with Gasteiger partial charge in [0, 0.05) is 18.8 Å². The van der Waals surface area contributed by atoms with Crippen LogP contribution < -0.4 is 9.64 Å². The molecular formula is C13H18ClNO3. The molecule has 0 saturated carbocycles. The Bertz CT molecular complexity index is 409. The number of carboxylic acid groups (broad SMARTS) is 1. The van der Waals surface area contributed by atoms with Crippen molar-refractivity contribution >= 4 is 23.3 Å². The van der Waals surface area contributed by atoms with Gasteiger partial charge in [-0.2, -0.15) is 0 Å². The summed E-state index contributed by atoms with van der Waals surface area (Å²) in [5.41, 5.74) is 0.920. The molecule has 18 heavy (non-hydrogen) atoms. The Morgan fingerprint density at radius 3 is 2.67 bits per heavy atom. The highest BCUT2D eigenvalue weighted by molar-refractivity contribution is 6.32. The molecule has 0 radical (unpaired) electrons. The van der Waals surface area contributed by atoms with Gasteiger partial charge in [-0.3, -0.25) is 4.79 Å². The lowest BCUT2D eigenvalue weighted by Crippen LogP contribution is -2.26. The molecule has 0 aliphatic rings. The minimum absolute atomic E-state index is 0.115. The van der Waals surface area contributed by atoms with Crippen molar-refractivity contribution in [1.29, 1.82) is 0 Å². The van der Waals surface area contributed by atoms with Gasteiger partial charge in [-0.25, -0.2) is 0 Å². The van der Waals surface area contributed by atoms with Crippen LogP contribution in [0.3, 0.4) is 0 Å². The molecule has 1 aromatic rings. The van der Waals surface area contributed by atoms with Crippen LogP contribution in [0.1, 0.15) is 19.8 Å². The molecule has 100 valence electrons. The van der Waals surface area contributed by atoms with Crippen LogP contribution in [0.2, 0.25) is 5.02 Å². The van der Waals surface area contributed by atoms with E-state index in [9.17, 15) is 4.79 Å². The lowest BCUT2D eigenvalue weighted by Gasteiger charge is -2.24. The Hall–Kier alpha value is -1.42. The van der Waals surface area contributed by atoms with E-state index in [-0.39, 0.29) is 6.42 Å². The van der Waals surface area contributed by atoms with Gasteiger partial charge in [0.2, 0.25) is 0 Å². The Morgan fingerprint density at radius 1 is 1.44 bits per heavy atom. The van der Waals surface area contributed by atoms with E-state index in [2.05, 4.69) is 6.92 Å². The smallest absolute Gasteiger partial charge is 0.305 e. The summed E-state index contributed by atoms with van der Waals surface area (Å²) >= 11 is 6.07. The van der Waals surface area contributed by atoms with Crippen LogP contribution in [0.4, 0.5) is 5.69 Å². The average molecular weight is 272 g/mol. The van der Waals surface area contributed by atoms with Gasteiger partial charge >= 0.3 is 5.97 Å². The lowest BCUT2D eigenvalue weighted by atomic mass is 10.2. The number of aliphatic carboxylic acids is 1. The number of nitrogens with zero attached hydrogens (tertiary/aromatic N) is 1. The number of carboxylic acids is 1. The minimum atomic E-state index is -0.796. The lowest BCUT2D eigenvalue weighted by molar-refractivity contribution is -0.136. The number of carbonyl (C=O) groups is 1. The number of anilines is 1. The van der Waals surface area contributed by atoms with Crippen molar-refractivity contribution in [3.63, 3.8) is 0 Å². The molecule has 0 aliphatic heterocycles. The first kappa shape index (κ1) is 14.6. The van der Waals surface area contributed by atoms with Crippen molar-refractivity contribution in [2.75, 3.05) is 25.1 Å². The van der Waals surface area contributed by atoms with Crippen molar-refractivity contribution in [2.24, 2.45) is 0 Å². The number of benzene rings is 1. The van der Waals surface area contributed by atoms with Crippen LogP contribution in [-0.2, 0) is 4.79 Å². The third kappa shape index (κ3) is 4.11. The van der Waals surface area contributed by atoms with Crippen LogP contribution >= 0.6 is 11.6 Å². The number of rotatable bonds is 7. The Labute approximate surface area is 112 Å². The highest BCUT2D eigenvalue weighted by atomic mass is 35.5. The second kappa shape index (κ2) is 7.11. The monoisotopic (exact) mass is 271 g/mol. The Morgan fingerprint density at radius 2 is 2.17 bits per heavy atom. The summed E-state index contributed by atoms with van der Waals surface area (Å²) in [4.78, 5) is 12.6. The summed E-state index contributed by atoms with van der Waals surface area (Å²) in [5.74, 6) is -0.175. The van der Waals surface area contributed by atoms with Crippen LogP contribution in [0.5, 0.6) is 5.75 Å². The highest BCUT2D eigenvalue weighted by Crippen LogP contribution is 2.29. The molecule has 0 spiro atoms. The zero-order chi connectivity index (χ0) is 13.5. The number of halogens is 1. The summed E-state index contributed by atoms with van der Waals surface area (Å²) in [6.07, 6.45) is 1.06. The molecule has 0 heterocycles. The van der Waals surface area contributed by atoms with Gasteiger partial charge in [-0.05, 0) is 24.6 Å². The summed E-state index contributed by atoms with van der Waals surface area (Å²) in [7, 11) is 1.56. The standard InChI is InChI=1S/C13H18ClNO3/c1-3-7-15(8-6-13(16)17)10-4-5-12(18-2)11(14)9-10/h4-5,9H,3,6-8H2,1-2H3,(H,16,17). The van der Waals surface area contributed by atoms with E-state index in [4.69, 9.17) is 21.4 Å². The zero-order valence-electron chi connectivity index (χ0n) is 10.6. The van der Waals surface area contributed by atoms with Gasteiger partial charge in [0.25, 0.3) is 0 Å². The molecule has 0 aliphatic carbocycles. The fraction of sp³-hybridized carbons (Fsp3) is 0.462. The normalized spacial score (nSPS) is 10.2. The predicted molar refractivity (Wildman–Crippen MR) is 72.8 cm³/mol. The van der Waals surface area contributed by atoms with Gasteiger partial charge in [-0.15, -0.1) is 0 Å². The molecular weight excluding hydrogens is 254 g/mol. The summed E-state index contributed by atoms with van der Waals surface area (Å²) in [6.45, 7) is 3.33. The molecule has 0 unspecified atom stereocenters. The van der Waals surface area contributed by atoms with Crippen LogP contribution in [0, 0.1) is 0 Å². The number of hydrogen-bond acceptors (Lipinski definition) is 3. The van der Waals surface area contributed by atoms with Gasteiger partial charge in [0.05, 0.1) is 18.6 Å². The van der Waals surface area contributed by atoms with Gasteiger partial charge in [0.15, 0.2) is 0 Å². The number of ether oxygens (including phenoxy) is 1. The maximum absolute atomic E-state index is 10.6. The Kier molecular flexibility index (Phi) is 5.78. The van der Waals surface area contributed by atoms with Gasteiger partial charge in [0.1, 0.15) is 5.75 Å². The number of hydrogen-bond donors (Lipinski definition) is 1. The molecule has 0 bridgehead atoms. The topological polar surface area (TPSA) is 49.8 Å². The molecule has 0 saturated heterocycles. The molecule has 0 fully saturated rings. The molecule has 0 aromatic heterocycles. The van der Waals surface area contributed by atoms with Crippen molar-refractivity contribution in [1.82, 2.24) is 0 Å². The van der Waals surface area contributed by atoms with E-state index in [1.165, 1.54) is 0 Å². The summed E-state index contributed by atoms with van der Waals surface area (Å²) in [5, 5.41) is 9.28. The molecule has 4 nitrogen and oxygen atoms in total. The van der Waals surface area contributed by atoms with E-state index < -0.39 is 5.97 Å². The summed E-state index contributed by atoms with van der Waals surface area (Å²) < 4.78 is 5.09. The van der Waals surface area contributed by atoms with Crippen LogP contribution in [0.25, 0.3) is 0 Å². The van der Waals surface area contributed by atoms with Crippen molar-refractivity contribution < 1.29 is 14.6 Å². The maximum atomic E-state index is 10.6. The maximum Gasteiger partial charge on any atom is 0.305 e. The first-order valence-electron chi connectivity index (χ1n) is 5.88. The second-order valence-electron chi connectivity index (χ2n) is 3.95. The molecule has 5 heteroatoms. The SMILES string of the molecule is CCCN(CCC(=O)O)c1ccc(OC)c(Cl)c1. The first-order valence-corrected chi connectivity index (χ1v) is 6.26. The van der Waals surface area contributed by atoms with Crippen LogP contribution in [-0.4, -0.2) is 31.3 Å². The minimum Gasteiger partial charge on any atom is -0.495 e. The molecule has 0 atom stereocenters. The third-order valence-electron chi connectivity index (χ3n) is 2.59. The zero-order valence-corrected chi connectivity index (χ0v) is 11.4. The van der Waals surface area contributed by atoms with E-state index in [1.54, 1.807) is 19.2 Å². The van der Waals surface area contributed by atoms with Crippen LogP contribution in [0.15, 0.2) is 18.2 Å². The predicted octanol–water partition coefficient (Wildman–Crippen LogP) is 3.04. The third-order valence-corrected chi connectivity index (χ3v) is 2.89. The average Bonchev–Trinajstić information content (AvgIpc) is 2.34. The molecule has 1 N–H and O–H groups in total. The fourth-order valence-corrected chi connectivity index (χ4v) is 1.97. The highest BCUT2D eigenvalue weighted by Gasteiger charge is 2.10. The van der Waals surface area contributed by atoms with Gasteiger partial charge in [-0.1, -0.05) is 18.5 Å². The van der Waals surface area contributed by atoms with Crippen molar-refractivity contribution in [2.45, 2.75) is 19.8 Å². The van der Waals surface area contributed by atoms with E-state index >= 15 is 0 Å². The quantitative estimate of drug-likeness (QED) is 0.828. The second-order valence-corrected chi connectivity index (χ2v) is 4.36. The Balaban J connectivity index is 2.84. The van der Waals surface area contributed by atoms with Crippen molar-refractivity contribution in [3.05, 3.63) is 23.2 Å². The molecule has 1 aromatic carbocycles. The number of methoxy groups -OCH3 is 1. The molecule has 0 amide bonds. The fourth-order valence-electron chi connectivity index (χ4n) is 1.72. The largest absolute Gasteiger partial charge is 0.495 e. The first-order chi connectivity index (χ1) is 8.58. The summed E-state index contributed by atoms with van der Waals surface area (Å²) in [6, 6.07) is 5.49. The van der Waals surface area contributed by atoms with E-state index in [1.807, 2.05) is 11.0 Å². The van der Waals surface area contributed by atoms with Crippen molar-refractivity contribution in [3.8, 4) is 5.75 Å². The molecule has 1 rings (SSSR count). The van der Waals surface area contributed by atoms with E-state index in [0.29, 0.717) is 17.3 Å². The van der Waals surface area contributed by atoms with Gasteiger partial charge < -0.3 is 14.7 Å².